The molecule has 23 heavy (non-hydrogen) atoms. The Morgan fingerprint density at radius 1 is 1.04 bits per heavy atom. The van der Waals surface area contributed by atoms with Gasteiger partial charge in [-0.15, -0.1) is 0 Å². The van der Waals surface area contributed by atoms with Gasteiger partial charge < -0.3 is 4.57 Å². The highest BCUT2D eigenvalue weighted by Crippen LogP contribution is 2.17. The largest absolute Gasteiger partial charge is 0.308 e. The maximum Gasteiger partial charge on any atom is 0.272 e. The van der Waals surface area contributed by atoms with Crippen molar-refractivity contribution >= 4 is 11.0 Å². The predicted molar refractivity (Wildman–Crippen MR) is 85.6 cm³/mol. The zero-order valence-corrected chi connectivity index (χ0v) is 13.2. The van der Waals surface area contributed by atoms with Gasteiger partial charge in [0.25, 0.3) is 5.56 Å². The number of nitrogens with zero attached hydrogens (tertiary/aromatic N) is 2. The van der Waals surface area contributed by atoms with Crippen LogP contribution in [0.1, 0.15) is 22.4 Å². The van der Waals surface area contributed by atoms with Crippen molar-refractivity contribution in [3.8, 4) is 0 Å². The first-order valence-corrected chi connectivity index (χ1v) is 7.27. The number of aromatic nitrogens is 2. The van der Waals surface area contributed by atoms with E-state index in [2.05, 4.69) is 4.98 Å². The summed E-state index contributed by atoms with van der Waals surface area (Å²) >= 11 is 0. The lowest BCUT2D eigenvalue weighted by Crippen LogP contribution is -2.23. The summed E-state index contributed by atoms with van der Waals surface area (Å²) in [6.07, 6.45) is 0.159. The van der Waals surface area contributed by atoms with Gasteiger partial charge in [0, 0.05) is 13.5 Å². The minimum Gasteiger partial charge on any atom is -0.308 e. The van der Waals surface area contributed by atoms with E-state index in [0.29, 0.717) is 16.8 Å². The molecule has 0 unspecified atom stereocenters. The fourth-order valence-electron chi connectivity index (χ4n) is 2.60. The minimum absolute atomic E-state index is 0.159. The molecule has 3 aromatic rings. The first-order chi connectivity index (χ1) is 10.9. The van der Waals surface area contributed by atoms with Crippen LogP contribution in [0.2, 0.25) is 0 Å². The third kappa shape index (κ3) is 2.74. The maximum atomic E-state index is 13.3. The molecule has 0 radical (unpaired) electrons. The predicted octanol–water partition coefficient (Wildman–Crippen LogP) is 3.42. The summed E-state index contributed by atoms with van der Waals surface area (Å²) in [5.41, 5.74) is 4.24. The molecule has 0 aliphatic rings. The molecule has 2 aromatic carbocycles. The second-order valence-electron chi connectivity index (χ2n) is 5.77. The lowest BCUT2D eigenvalue weighted by atomic mass is 10.1. The molecule has 3 nitrogen and oxygen atoms in total. The highest BCUT2D eigenvalue weighted by Gasteiger charge is 2.12. The summed E-state index contributed by atoms with van der Waals surface area (Å²) in [7, 11) is 1.69. The normalized spacial score (nSPS) is 11.2. The highest BCUT2D eigenvalue weighted by molar-refractivity contribution is 5.76. The van der Waals surface area contributed by atoms with Crippen LogP contribution < -0.4 is 5.56 Å². The third-order valence-electron chi connectivity index (χ3n) is 4.11. The van der Waals surface area contributed by atoms with Crippen LogP contribution in [-0.4, -0.2) is 9.55 Å². The van der Waals surface area contributed by atoms with E-state index in [1.807, 2.05) is 26.0 Å². The standard InChI is InChI=1S/C18H16F2N2O/c1-10-6-15-17(7-11(10)2)22(3)18(23)16(21-15)9-12-4-5-13(19)14(20)8-12/h4-8H,9H2,1-3H3. The van der Waals surface area contributed by atoms with Gasteiger partial charge in [0.2, 0.25) is 0 Å². The summed E-state index contributed by atoms with van der Waals surface area (Å²) in [4.78, 5) is 16.9. The summed E-state index contributed by atoms with van der Waals surface area (Å²) in [5, 5.41) is 0. The highest BCUT2D eigenvalue weighted by atomic mass is 19.2. The van der Waals surface area contributed by atoms with E-state index in [1.54, 1.807) is 11.6 Å². The number of benzene rings is 2. The lowest BCUT2D eigenvalue weighted by Gasteiger charge is -2.10. The summed E-state index contributed by atoms with van der Waals surface area (Å²) < 4.78 is 27.9. The van der Waals surface area contributed by atoms with Crippen LogP contribution in [0.3, 0.4) is 0 Å². The van der Waals surface area contributed by atoms with E-state index in [9.17, 15) is 13.6 Å². The molecular weight excluding hydrogens is 298 g/mol. The van der Waals surface area contributed by atoms with Crippen molar-refractivity contribution in [1.82, 2.24) is 9.55 Å². The molecule has 118 valence electrons. The fraction of sp³-hybridized carbons (Fsp3) is 0.222. The van der Waals surface area contributed by atoms with Crippen LogP contribution in [0.4, 0.5) is 8.78 Å². The van der Waals surface area contributed by atoms with Gasteiger partial charge >= 0.3 is 0 Å². The molecule has 0 aliphatic carbocycles. The van der Waals surface area contributed by atoms with Crippen LogP contribution >= 0.6 is 0 Å². The average molecular weight is 314 g/mol. The Labute approximate surface area is 132 Å². The Morgan fingerprint density at radius 3 is 2.43 bits per heavy atom. The molecule has 0 aliphatic heterocycles. The van der Waals surface area contributed by atoms with Crippen LogP contribution in [0.15, 0.2) is 35.1 Å². The molecule has 1 heterocycles. The van der Waals surface area contributed by atoms with Crippen molar-refractivity contribution in [3.63, 3.8) is 0 Å². The molecule has 0 saturated carbocycles. The van der Waals surface area contributed by atoms with E-state index < -0.39 is 11.6 Å². The smallest absolute Gasteiger partial charge is 0.272 e. The molecule has 3 rings (SSSR count). The number of fused-ring (bicyclic) bond motifs is 1. The summed E-state index contributed by atoms with van der Waals surface area (Å²) in [6, 6.07) is 7.48. The van der Waals surface area contributed by atoms with Gasteiger partial charge in [-0.3, -0.25) is 4.79 Å². The molecule has 0 saturated heterocycles. The first kappa shape index (κ1) is 15.3. The van der Waals surface area contributed by atoms with E-state index in [0.717, 1.165) is 28.8 Å². The Bertz CT molecular complexity index is 977. The molecular formula is C18H16F2N2O. The number of rotatable bonds is 2. The SMILES string of the molecule is Cc1cc2nc(Cc3ccc(F)c(F)c3)c(=O)n(C)c2cc1C. The summed E-state index contributed by atoms with van der Waals surface area (Å²) in [6.45, 7) is 3.96. The average Bonchev–Trinajstić information content (AvgIpc) is 2.51. The molecule has 0 N–H and O–H groups in total. The van der Waals surface area contributed by atoms with Crippen LogP contribution in [0.5, 0.6) is 0 Å². The van der Waals surface area contributed by atoms with E-state index in [-0.39, 0.29) is 12.0 Å². The number of hydrogen-bond donors (Lipinski definition) is 0. The molecule has 0 spiro atoms. The molecule has 0 fully saturated rings. The maximum absolute atomic E-state index is 13.3. The van der Waals surface area contributed by atoms with Crippen molar-refractivity contribution in [2.75, 3.05) is 0 Å². The van der Waals surface area contributed by atoms with Crippen LogP contribution in [0.25, 0.3) is 11.0 Å². The van der Waals surface area contributed by atoms with E-state index >= 15 is 0 Å². The van der Waals surface area contributed by atoms with Crippen molar-refractivity contribution < 1.29 is 8.78 Å². The molecule has 0 atom stereocenters. The topological polar surface area (TPSA) is 34.9 Å². The number of aryl methyl sites for hydroxylation is 3. The van der Waals surface area contributed by atoms with E-state index in [1.165, 1.54) is 6.07 Å². The Morgan fingerprint density at radius 2 is 1.74 bits per heavy atom. The Kier molecular flexibility index (Phi) is 3.72. The van der Waals surface area contributed by atoms with Crippen molar-refractivity contribution in [3.05, 3.63) is 74.7 Å². The number of halogens is 2. The van der Waals surface area contributed by atoms with E-state index in [4.69, 9.17) is 0 Å². The van der Waals surface area contributed by atoms with Crippen LogP contribution in [-0.2, 0) is 13.5 Å². The van der Waals surface area contributed by atoms with Crippen LogP contribution in [0, 0.1) is 25.5 Å². The summed E-state index contributed by atoms with van der Waals surface area (Å²) in [5.74, 6) is -1.83. The molecule has 1 aromatic heterocycles. The van der Waals surface area contributed by atoms with Gasteiger partial charge in [-0.1, -0.05) is 6.07 Å². The monoisotopic (exact) mass is 314 g/mol. The van der Waals surface area contributed by atoms with Gasteiger partial charge in [0.1, 0.15) is 5.69 Å². The molecule has 0 amide bonds. The Balaban J connectivity index is 2.14. The van der Waals surface area contributed by atoms with Gasteiger partial charge in [0.05, 0.1) is 11.0 Å². The molecule has 5 heteroatoms. The van der Waals surface area contributed by atoms with Crippen molar-refractivity contribution in [2.45, 2.75) is 20.3 Å². The van der Waals surface area contributed by atoms with Gasteiger partial charge in [-0.05, 0) is 54.8 Å². The van der Waals surface area contributed by atoms with Crippen molar-refractivity contribution in [1.29, 1.82) is 0 Å². The quantitative estimate of drug-likeness (QED) is 0.726. The minimum atomic E-state index is -0.924. The second-order valence-corrected chi connectivity index (χ2v) is 5.77. The zero-order valence-electron chi connectivity index (χ0n) is 13.2. The van der Waals surface area contributed by atoms with Gasteiger partial charge in [-0.2, -0.15) is 0 Å². The molecule has 0 bridgehead atoms. The Hall–Kier alpha value is -2.56. The zero-order chi connectivity index (χ0) is 16.7. The van der Waals surface area contributed by atoms with Gasteiger partial charge in [0.15, 0.2) is 11.6 Å². The lowest BCUT2D eigenvalue weighted by molar-refractivity contribution is 0.507. The number of hydrogen-bond acceptors (Lipinski definition) is 2. The third-order valence-corrected chi connectivity index (χ3v) is 4.11. The fourth-order valence-corrected chi connectivity index (χ4v) is 2.60. The van der Waals surface area contributed by atoms with Crippen molar-refractivity contribution in [2.24, 2.45) is 7.05 Å². The van der Waals surface area contributed by atoms with Gasteiger partial charge in [-0.25, -0.2) is 13.8 Å². The first-order valence-electron chi connectivity index (χ1n) is 7.27. The second kappa shape index (κ2) is 5.57.